The summed E-state index contributed by atoms with van der Waals surface area (Å²) in [5, 5.41) is 5.49. The number of esters is 1. The van der Waals surface area contributed by atoms with E-state index in [0.717, 1.165) is 0 Å². The number of amides is 1. The molecule has 0 saturated heterocycles. The van der Waals surface area contributed by atoms with Crippen LogP contribution in [0.15, 0.2) is 0 Å². The van der Waals surface area contributed by atoms with Gasteiger partial charge in [-0.25, -0.2) is 0 Å². The second-order valence-electron chi connectivity index (χ2n) is 2.98. The molecule has 0 spiro atoms. The van der Waals surface area contributed by atoms with E-state index in [1.165, 1.54) is 7.11 Å². The maximum Gasteiger partial charge on any atom is 0.322 e. The predicted octanol–water partition coefficient (Wildman–Crippen LogP) is -0.336. The van der Waals surface area contributed by atoms with E-state index in [9.17, 15) is 9.59 Å². The maximum absolute atomic E-state index is 10.9. The second-order valence-corrected chi connectivity index (χ2v) is 2.98. The summed E-state index contributed by atoms with van der Waals surface area (Å²) in [5.41, 5.74) is 0. The molecule has 0 bridgehead atoms. The molecule has 0 saturated carbocycles. The van der Waals surface area contributed by atoms with Crippen molar-refractivity contribution in [2.45, 2.75) is 25.8 Å². The minimum atomic E-state index is -0.315. The largest absolute Gasteiger partial charge is 0.468 e. The van der Waals surface area contributed by atoms with E-state index in [0.29, 0.717) is 19.4 Å². The molecule has 0 rings (SSSR count). The number of carbonyl (C=O) groups excluding carboxylic acids is 2. The molecule has 0 aliphatic carbocycles. The van der Waals surface area contributed by atoms with Crippen LogP contribution < -0.4 is 10.6 Å². The van der Waals surface area contributed by atoms with Crippen LogP contribution >= 0.6 is 0 Å². The van der Waals surface area contributed by atoms with Gasteiger partial charge >= 0.3 is 5.97 Å². The molecule has 0 aromatic carbocycles. The Morgan fingerprint density at radius 3 is 2.57 bits per heavy atom. The molecule has 2 N–H and O–H groups in total. The maximum atomic E-state index is 10.9. The molecule has 0 aliphatic heterocycles. The number of nitrogens with one attached hydrogen (secondary N) is 2. The second kappa shape index (κ2) is 7.32. The van der Waals surface area contributed by atoms with Crippen LogP contribution in [-0.4, -0.2) is 38.6 Å². The normalized spacial score (nSPS) is 11.9. The van der Waals surface area contributed by atoms with Gasteiger partial charge in [0.1, 0.15) is 6.04 Å². The quantitative estimate of drug-likeness (QED) is 0.457. The molecule has 1 unspecified atom stereocenters. The van der Waals surface area contributed by atoms with Crippen LogP contribution in [0, 0.1) is 0 Å². The Labute approximate surface area is 84.2 Å². The van der Waals surface area contributed by atoms with Crippen LogP contribution in [-0.2, 0) is 14.3 Å². The van der Waals surface area contributed by atoms with Crippen LogP contribution in [0.2, 0.25) is 0 Å². The van der Waals surface area contributed by atoms with Crippen LogP contribution in [0.3, 0.4) is 0 Å². The Morgan fingerprint density at radius 2 is 2.07 bits per heavy atom. The third-order valence-electron chi connectivity index (χ3n) is 1.86. The Morgan fingerprint density at radius 1 is 1.43 bits per heavy atom. The first kappa shape index (κ1) is 12.9. The summed E-state index contributed by atoms with van der Waals surface area (Å²) in [6.07, 6.45) is 1.18. The topological polar surface area (TPSA) is 67.4 Å². The van der Waals surface area contributed by atoms with Gasteiger partial charge in [-0.05, 0) is 19.9 Å². The van der Waals surface area contributed by atoms with Crippen molar-refractivity contribution in [1.82, 2.24) is 10.6 Å². The summed E-state index contributed by atoms with van der Waals surface area (Å²) >= 11 is 0. The molecule has 1 amide bonds. The SMILES string of the molecule is CNC(=O)CCCNC(C)C(=O)OC. The monoisotopic (exact) mass is 202 g/mol. The van der Waals surface area contributed by atoms with Crippen molar-refractivity contribution in [1.29, 1.82) is 0 Å². The molecule has 0 aliphatic rings. The zero-order chi connectivity index (χ0) is 11.0. The van der Waals surface area contributed by atoms with Crippen molar-refractivity contribution in [3.63, 3.8) is 0 Å². The van der Waals surface area contributed by atoms with Gasteiger partial charge in [0.05, 0.1) is 7.11 Å². The lowest BCUT2D eigenvalue weighted by Crippen LogP contribution is -2.35. The first-order valence-electron chi connectivity index (χ1n) is 4.63. The van der Waals surface area contributed by atoms with Gasteiger partial charge in [0.25, 0.3) is 0 Å². The highest BCUT2D eigenvalue weighted by atomic mass is 16.5. The molecule has 0 aromatic rings. The van der Waals surface area contributed by atoms with Gasteiger partial charge < -0.3 is 15.4 Å². The van der Waals surface area contributed by atoms with Gasteiger partial charge in [0, 0.05) is 13.5 Å². The zero-order valence-electron chi connectivity index (χ0n) is 8.92. The number of ether oxygens (including phenoxy) is 1. The summed E-state index contributed by atoms with van der Waals surface area (Å²) in [5.74, 6) is -0.275. The van der Waals surface area contributed by atoms with Crippen molar-refractivity contribution in [3.05, 3.63) is 0 Å². The van der Waals surface area contributed by atoms with E-state index < -0.39 is 0 Å². The van der Waals surface area contributed by atoms with Gasteiger partial charge in [-0.3, -0.25) is 9.59 Å². The molecule has 0 fully saturated rings. The fourth-order valence-corrected chi connectivity index (χ4v) is 0.953. The highest BCUT2D eigenvalue weighted by Gasteiger charge is 2.11. The highest BCUT2D eigenvalue weighted by Crippen LogP contribution is 1.90. The average molecular weight is 202 g/mol. The molecule has 0 heterocycles. The predicted molar refractivity (Wildman–Crippen MR) is 52.8 cm³/mol. The fourth-order valence-electron chi connectivity index (χ4n) is 0.953. The average Bonchev–Trinajstić information content (AvgIpc) is 2.22. The summed E-state index contributed by atoms with van der Waals surface area (Å²) in [6.45, 7) is 2.36. The number of hydrogen-bond acceptors (Lipinski definition) is 4. The fraction of sp³-hybridized carbons (Fsp3) is 0.778. The lowest BCUT2D eigenvalue weighted by Gasteiger charge is -2.10. The van der Waals surface area contributed by atoms with Crippen molar-refractivity contribution in [2.75, 3.05) is 20.7 Å². The molecule has 0 radical (unpaired) electrons. The summed E-state index contributed by atoms with van der Waals surface area (Å²) < 4.78 is 4.53. The molecule has 14 heavy (non-hydrogen) atoms. The standard InChI is InChI=1S/C9H18N2O3/c1-7(9(13)14-3)11-6-4-5-8(12)10-2/h7,11H,4-6H2,1-3H3,(H,10,12). The molecule has 1 atom stereocenters. The first-order chi connectivity index (χ1) is 6.61. The third-order valence-corrected chi connectivity index (χ3v) is 1.86. The molecule has 5 nitrogen and oxygen atoms in total. The van der Waals surface area contributed by atoms with Gasteiger partial charge in [0.15, 0.2) is 0 Å². The Bertz CT molecular complexity index is 194. The summed E-state index contributed by atoms with van der Waals surface area (Å²) in [6, 6.07) is -0.315. The van der Waals surface area contributed by atoms with E-state index in [1.807, 2.05) is 0 Å². The molecular weight excluding hydrogens is 184 g/mol. The number of carbonyl (C=O) groups is 2. The highest BCUT2D eigenvalue weighted by molar-refractivity contribution is 5.75. The van der Waals surface area contributed by atoms with Crippen molar-refractivity contribution in [2.24, 2.45) is 0 Å². The van der Waals surface area contributed by atoms with E-state index in [-0.39, 0.29) is 17.9 Å². The third kappa shape index (κ3) is 5.53. The van der Waals surface area contributed by atoms with Crippen LogP contribution in [0.1, 0.15) is 19.8 Å². The Kier molecular flexibility index (Phi) is 6.74. The van der Waals surface area contributed by atoms with Gasteiger partial charge in [-0.15, -0.1) is 0 Å². The molecule has 0 aromatic heterocycles. The zero-order valence-corrected chi connectivity index (χ0v) is 8.92. The van der Waals surface area contributed by atoms with Crippen molar-refractivity contribution >= 4 is 11.9 Å². The minimum Gasteiger partial charge on any atom is -0.468 e. The van der Waals surface area contributed by atoms with E-state index in [4.69, 9.17) is 0 Å². The number of hydrogen-bond donors (Lipinski definition) is 2. The molecular formula is C9H18N2O3. The molecule has 5 heteroatoms. The summed E-state index contributed by atoms with van der Waals surface area (Å²) in [4.78, 5) is 21.7. The Hall–Kier alpha value is -1.10. The lowest BCUT2D eigenvalue weighted by atomic mass is 10.2. The molecule has 82 valence electrons. The van der Waals surface area contributed by atoms with Crippen LogP contribution in [0.5, 0.6) is 0 Å². The van der Waals surface area contributed by atoms with E-state index in [1.54, 1.807) is 14.0 Å². The van der Waals surface area contributed by atoms with Crippen LogP contribution in [0.25, 0.3) is 0 Å². The minimum absolute atomic E-state index is 0.0116. The van der Waals surface area contributed by atoms with Gasteiger partial charge in [-0.1, -0.05) is 0 Å². The van der Waals surface area contributed by atoms with E-state index >= 15 is 0 Å². The lowest BCUT2D eigenvalue weighted by molar-refractivity contribution is -0.142. The number of rotatable bonds is 6. The van der Waals surface area contributed by atoms with Crippen molar-refractivity contribution in [3.8, 4) is 0 Å². The summed E-state index contributed by atoms with van der Waals surface area (Å²) in [7, 11) is 2.96. The van der Waals surface area contributed by atoms with Crippen molar-refractivity contribution < 1.29 is 14.3 Å². The first-order valence-corrected chi connectivity index (χ1v) is 4.63. The Balaban J connectivity index is 3.45. The van der Waals surface area contributed by atoms with E-state index in [2.05, 4.69) is 15.4 Å². The van der Waals surface area contributed by atoms with Gasteiger partial charge in [-0.2, -0.15) is 0 Å². The van der Waals surface area contributed by atoms with Crippen LogP contribution in [0.4, 0.5) is 0 Å². The smallest absolute Gasteiger partial charge is 0.322 e. The van der Waals surface area contributed by atoms with Gasteiger partial charge in [0.2, 0.25) is 5.91 Å². The number of methoxy groups -OCH3 is 1.